The maximum Gasteiger partial charge on any atom is 0.214 e. The quantitative estimate of drug-likeness (QED) is 0.877. The van der Waals surface area contributed by atoms with E-state index < -0.39 is 5.95 Å². The largest absolute Gasteiger partial charge is 0.378 e. The Hall–Kier alpha value is -2.14. The zero-order valence-corrected chi connectivity index (χ0v) is 11.8. The highest BCUT2D eigenvalue weighted by Crippen LogP contribution is 2.17. The van der Waals surface area contributed by atoms with Crippen LogP contribution in [0.1, 0.15) is 5.56 Å². The van der Waals surface area contributed by atoms with E-state index in [0.717, 1.165) is 31.9 Å². The van der Waals surface area contributed by atoms with Crippen LogP contribution in [-0.4, -0.2) is 31.3 Å². The number of ether oxygens (including phenoxy) is 1. The van der Waals surface area contributed by atoms with Gasteiger partial charge in [0.05, 0.1) is 13.2 Å². The second-order valence-corrected chi connectivity index (χ2v) is 4.96. The van der Waals surface area contributed by atoms with Crippen LogP contribution < -0.4 is 10.2 Å². The van der Waals surface area contributed by atoms with Gasteiger partial charge in [0, 0.05) is 25.3 Å². The first kappa shape index (κ1) is 13.8. The third kappa shape index (κ3) is 3.70. The van der Waals surface area contributed by atoms with E-state index in [2.05, 4.69) is 39.5 Å². The number of hydrogen-bond acceptors (Lipinski definition) is 4. The summed E-state index contributed by atoms with van der Waals surface area (Å²) in [6.45, 7) is 4.07. The monoisotopic (exact) mass is 287 g/mol. The maximum absolute atomic E-state index is 13.0. The molecule has 0 saturated carbocycles. The average Bonchev–Trinajstić information content (AvgIpc) is 2.54. The molecule has 2 heterocycles. The minimum absolute atomic E-state index is 0.470. The van der Waals surface area contributed by atoms with Gasteiger partial charge in [0.15, 0.2) is 0 Å². The predicted octanol–water partition coefficient (Wildman–Crippen LogP) is 2.67. The Morgan fingerprint density at radius 3 is 2.57 bits per heavy atom. The van der Waals surface area contributed by atoms with E-state index in [1.54, 1.807) is 12.1 Å². The molecule has 110 valence electrons. The predicted molar refractivity (Wildman–Crippen MR) is 81.0 cm³/mol. The Bertz CT molecular complexity index is 582. The summed E-state index contributed by atoms with van der Waals surface area (Å²) in [4.78, 5) is 6.09. The molecule has 5 heteroatoms. The maximum atomic E-state index is 13.0. The number of hydrogen-bond donors (Lipinski definition) is 1. The summed E-state index contributed by atoms with van der Waals surface area (Å²) in [6, 6.07) is 13.1. The second-order valence-electron chi connectivity index (χ2n) is 4.96. The summed E-state index contributed by atoms with van der Waals surface area (Å²) < 4.78 is 18.3. The minimum atomic E-state index is -0.470. The van der Waals surface area contributed by atoms with Gasteiger partial charge in [-0.05, 0) is 29.8 Å². The number of anilines is 2. The fraction of sp³-hybridized carbons (Fsp3) is 0.312. The number of nitrogens with zero attached hydrogens (tertiary/aromatic N) is 2. The van der Waals surface area contributed by atoms with Crippen LogP contribution in [0.2, 0.25) is 0 Å². The zero-order valence-electron chi connectivity index (χ0n) is 11.8. The Morgan fingerprint density at radius 1 is 1.10 bits per heavy atom. The van der Waals surface area contributed by atoms with E-state index in [9.17, 15) is 4.39 Å². The molecule has 1 aliphatic heterocycles. The van der Waals surface area contributed by atoms with Gasteiger partial charge in [-0.2, -0.15) is 4.39 Å². The number of nitrogens with one attached hydrogen (secondary N) is 1. The van der Waals surface area contributed by atoms with Gasteiger partial charge >= 0.3 is 0 Å². The Morgan fingerprint density at radius 2 is 1.86 bits per heavy atom. The van der Waals surface area contributed by atoms with Crippen molar-refractivity contribution in [2.45, 2.75) is 6.54 Å². The Balaban J connectivity index is 1.59. The van der Waals surface area contributed by atoms with Crippen molar-refractivity contribution in [1.82, 2.24) is 4.98 Å². The van der Waals surface area contributed by atoms with E-state index in [4.69, 9.17) is 4.74 Å². The van der Waals surface area contributed by atoms with Crippen LogP contribution in [0.5, 0.6) is 0 Å². The van der Waals surface area contributed by atoms with Crippen molar-refractivity contribution in [1.29, 1.82) is 0 Å². The summed E-state index contributed by atoms with van der Waals surface area (Å²) in [5, 5.41) is 3.12. The van der Waals surface area contributed by atoms with Crippen molar-refractivity contribution in [3.8, 4) is 0 Å². The summed E-state index contributed by atoms with van der Waals surface area (Å²) in [5.74, 6) is 0.0786. The highest BCUT2D eigenvalue weighted by molar-refractivity contribution is 5.48. The molecule has 1 aliphatic rings. The molecule has 0 bridgehead atoms. The van der Waals surface area contributed by atoms with E-state index in [1.165, 1.54) is 11.8 Å². The summed E-state index contributed by atoms with van der Waals surface area (Å²) in [6.07, 6.45) is 0. The number of pyridine rings is 1. The van der Waals surface area contributed by atoms with Crippen LogP contribution in [0.15, 0.2) is 42.5 Å². The summed E-state index contributed by atoms with van der Waals surface area (Å²) >= 11 is 0. The molecule has 1 N–H and O–H groups in total. The van der Waals surface area contributed by atoms with Crippen LogP contribution in [0.25, 0.3) is 0 Å². The van der Waals surface area contributed by atoms with Crippen molar-refractivity contribution in [2.75, 3.05) is 36.5 Å². The Labute approximate surface area is 123 Å². The second kappa shape index (κ2) is 6.54. The molecule has 1 aromatic heterocycles. The number of halogens is 1. The fourth-order valence-corrected chi connectivity index (χ4v) is 2.35. The molecule has 0 spiro atoms. The van der Waals surface area contributed by atoms with E-state index in [0.29, 0.717) is 12.4 Å². The lowest BCUT2D eigenvalue weighted by Gasteiger charge is -2.28. The molecule has 0 aliphatic carbocycles. The van der Waals surface area contributed by atoms with Crippen LogP contribution in [-0.2, 0) is 11.3 Å². The van der Waals surface area contributed by atoms with Crippen molar-refractivity contribution in [3.63, 3.8) is 0 Å². The van der Waals surface area contributed by atoms with E-state index >= 15 is 0 Å². The van der Waals surface area contributed by atoms with Crippen LogP contribution in [0, 0.1) is 5.95 Å². The minimum Gasteiger partial charge on any atom is -0.378 e. The van der Waals surface area contributed by atoms with E-state index in [-0.39, 0.29) is 0 Å². The number of morpholine rings is 1. The molecule has 4 nitrogen and oxygen atoms in total. The fourth-order valence-electron chi connectivity index (χ4n) is 2.35. The molecule has 0 amide bonds. The molecular formula is C16H18FN3O. The average molecular weight is 287 g/mol. The molecule has 1 saturated heterocycles. The zero-order chi connectivity index (χ0) is 14.5. The van der Waals surface area contributed by atoms with Gasteiger partial charge in [0.25, 0.3) is 0 Å². The summed E-state index contributed by atoms with van der Waals surface area (Å²) in [5.41, 5.74) is 2.35. The Kier molecular flexibility index (Phi) is 4.31. The third-order valence-electron chi connectivity index (χ3n) is 3.50. The first-order valence-corrected chi connectivity index (χ1v) is 7.09. The summed E-state index contributed by atoms with van der Waals surface area (Å²) in [7, 11) is 0. The number of rotatable bonds is 4. The lowest BCUT2D eigenvalue weighted by molar-refractivity contribution is 0.122. The topological polar surface area (TPSA) is 37.4 Å². The molecule has 21 heavy (non-hydrogen) atoms. The SMILES string of the molecule is Fc1cccc(NCc2ccc(N3CCOCC3)cc2)n1. The van der Waals surface area contributed by atoms with Gasteiger partial charge in [-0.3, -0.25) is 0 Å². The van der Waals surface area contributed by atoms with Crippen LogP contribution in [0.4, 0.5) is 15.9 Å². The molecule has 3 rings (SSSR count). The molecule has 1 aromatic carbocycles. The van der Waals surface area contributed by atoms with Gasteiger partial charge in [-0.1, -0.05) is 18.2 Å². The lowest BCUT2D eigenvalue weighted by atomic mass is 10.2. The van der Waals surface area contributed by atoms with Crippen molar-refractivity contribution in [2.24, 2.45) is 0 Å². The lowest BCUT2D eigenvalue weighted by Crippen LogP contribution is -2.36. The molecule has 1 fully saturated rings. The molecule has 0 atom stereocenters. The number of aromatic nitrogens is 1. The van der Waals surface area contributed by atoms with Crippen molar-refractivity contribution in [3.05, 3.63) is 54.0 Å². The first-order valence-electron chi connectivity index (χ1n) is 7.09. The number of benzene rings is 1. The van der Waals surface area contributed by atoms with Gasteiger partial charge in [-0.25, -0.2) is 4.98 Å². The molecule has 0 unspecified atom stereocenters. The van der Waals surface area contributed by atoms with Gasteiger partial charge in [0.1, 0.15) is 5.82 Å². The van der Waals surface area contributed by atoms with Crippen molar-refractivity contribution < 1.29 is 9.13 Å². The van der Waals surface area contributed by atoms with Gasteiger partial charge < -0.3 is 15.0 Å². The van der Waals surface area contributed by atoms with Crippen LogP contribution in [0.3, 0.4) is 0 Å². The normalized spacial score (nSPS) is 15.0. The van der Waals surface area contributed by atoms with Gasteiger partial charge in [-0.15, -0.1) is 0 Å². The highest BCUT2D eigenvalue weighted by atomic mass is 19.1. The van der Waals surface area contributed by atoms with Crippen LogP contribution >= 0.6 is 0 Å². The smallest absolute Gasteiger partial charge is 0.214 e. The third-order valence-corrected chi connectivity index (χ3v) is 3.50. The molecule has 0 radical (unpaired) electrons. The van der Waals surface area contributed by atoms with E-state index in [1.807, 2.05) is 0 Å². The standard InChI is InChI=1S/C16H18FN3O/c17-15-2-1-3-16(19-15)18-12-13-4-6-14(7-5-13)20-8-10-21-11-9-20/h1-7H,8-12H2,(H,18,19). The van der Waals surface area contributed by atoms with Crippen molar-refractivity contribution >= 4 is 11.5 Å². The molecule has 2 aromatic rings. The first-order chi connectivity index (χ1) is 10.3. The highest BCUT2D eigenvalue weighted by Gasteiger charge is 2.10. The van der Waals surface area contributed by atoms with Gasteiger partial charge in [0.2, 0.25) is 5.95 Å². The molecular weight excluding hydrogens is 269 g/mol.